The summed E-state index contributed by atoms with van der Waals surface area (Å²) in [5, 5.41) is 2.58. The maximum Gasteiger partial charge on any atom is 0.339 e. The number of nitrogens with zero attached hydrogens (tertiary/aromatic N) is 1. The number of methoxy groups -OCH3 is 1. The monoisotopic (exact) mass is 370 g/mol. The van der Waals surface area contributed by atoms with Crippen LogP contribution in [0.25, 0.3) is 21.8 Å². The first-order chi connectivity index (χ1) is 12.5. The van der Waals surface area contributed by atoms with Crippen molar-refractivity contribution in [2.75, 3.05) is 13.7 Å². The zero-order chi connectivity index (χ0) is 18.7. The molecule has 0 fully saturated rings. The van der Waals surface area contributed by atoms with E-state index in [9.17, 15) is 9.59 Å². The molecule has 0 spiro atoms. The summed E-state index contributed by atoms with van der Waals surface area (Å²) in [6.07, 6.45) is 0. The van der Waals surface area contributed by atoms with E-state index < -0.39 is 5.97 Å². The van der Waals surface area contributed by atoms with Crippen LogP contribution < -0.4 is 10.3 Å². The van der Waals surface area contributed by atoms with Gasteiger partial charge in [0.25, 0.3) is 5.56 Å². The first-order valence-electron chi connectivity index (χ1n) is 8.04. The first kappa shape index (κ1) is 17.9. The van der Waals surface area contributed by atoms with Gasteiger partial charge in [-0.15, -0.1) is 11.3 Å². The van der Waals surface area contributed by atoms with Crippen molar-refractivity contribution in [3.05, 3.63) is 57.3 Å². The number of benzene rings is 1. The zero-order valence-corrected chi connectivity index (χ0v) is 15.5. The molecule has 134 valence electrons. The minimum atomic E-state index is -0.465. The number of rotatable bonds is 5. The molecular formula is C19H18N2O4S. The molecular weight excluding hydrogens is 352 g/mol. The number of carbonyl (C=O) groups is 1. The molecule has 0 radical (unpaired) electrons. The number of nitrogens with one attached hydrogen (secondary N) is 1. The van der Waals surface area contributed by atoms with Gasteiger partial charge in [-0.1, -0.05) is 0 Å². The van der Waals surface area contributed by atoms with Gasteiger partial charge in [0.1, 0.15) is 10.8 Å². The predicted octanol–water partition coefficient (Wildman–Crippen LogP) is 3.66. The summed E-state index contributed by atoms with van der Waals surface area (Å²) in [5.74, 6) is 0.299. The maximum atomic E-state index is 12.3. The maximum absolute atomic E-state index is 12.3. The lowest BCUT2D eigenvalue weighted by atomic mass is 10.1. The smallest absolute Gasteiger partial charge is 0.339 e. The number of aromatic amines is 1. The van der Waals surface area contributed by atoms with Crippen molar-refractivity contribution in [2.45, 2.75) is 13.8 Å². The Morgan fingerprint density at radius 1 is 1.27 bits per heavy atom. The van der Waals surface area contributed by atoms with Crippen LogP contribution in [0.1, 0.15) is 23.0 Å². The van der Waals surface area contributed by atoms with Crippen molar-refractivity contribution in [1.29, 1.82) is 0 Å². The highest BCUT2D eigenvalue weighted by atomic mass is 32.1. The highest BCUT2D eigenvalue weighted by Gasteiger charge is 2.17. The molecule has 1 N–H and O–H groups in total. The van der Waals surface area contributed by atoms with Crippen LogP contribution in [0.5, 0.6) is 5.75 Å². The van der Waals surface area contributed by atoms with Gasteiger partial charge in [0.2, 0.25) is 0 Å². The second-order valence-electron chi connectivity index (χ2n) is 5.54. The summed E-state index contributed by atoms with van der Waals surface area (Å²) >= 11 is 1.43. The minimum Gasteiger partial charge on any atom is -0.497 e. The number of H-pyrrole nitrogens is 1. The fraction of sp³-hybridized carbons (Fsp3) is 0.211. The number of aromatic nitrogens is 2. The number of esters is 1. The normalized spacial score (nSPS) is 10.6. The van der Waals surface area contributed by atoms with E-state index in [2.05, 4.69) is 9.97 Å². The van der Waals surface area contributed by atoms with E-state index in [0.717, 1.165) is 16.3 Å². The van der Waals surface area contributed by atoms with Gasteiger partial charge in [-0.05, 0) is 44.2 Å². The molecule has 7 heteroatoms. The van der Waals surface area contributed by atoms with Crippen molar-refractivity contribution in [1.82, 2.24) is 9.97 Å². The minimum absolute atomic E-state index is 0.269. The van der Waals surface area contributed by atoms with Crippen LogP contribution in [0.2, 0.25) is 0 Å². The molecule has 0 saturated carbocycles. The molecule has 1 aromatic carbocycles. The lowest BCUT2D eigenvalue weighted by molar-refractivity contribution is 0.0525. The quantitative estimate of drug-likeness (QED) is 0.693. The van der Waals surface area contributed by atoms with Crippen LogP contribution in [-0.4, -0.2) is 29.7 Å². The largest absolute Gasteiger partial charge is 0.497 e. The number of ether oxygens (including phenoxy) is 2. The van der Waals surface area contributed by atoms with Crippen LogP contribution in [0.3, 0.4) is 0 Å². The Kier molecular flexibility index (Phi) is 5.18. The SMILES string of the molecule is CCOC(=O)c1cc(-c2csc(-c3ccc(OC)cc3)n2)c(=O)[nH]c1C. The number of aryl methyl sites for hydroxylation is 1. The molecule has 6 nitrogen and oxygen atoms in total. The average molecular weight is 370 g/mol. The van der Waals surface area contributed by atoms with Crippen LogP contribution in [0.15, 0.2) is 40.5 Å². The number of thiazole rings is 1. The summed E-state index contributed by atoms with van der Waals surface area (Å²) in [4.78, 5) is 31.7. The molecule has 3 rings (SSSR count). The third-order valence-corrected chi connectivity index (χ3v) is 4.74. The Balaban J connectivity index is 1.99. The molecule has 2 aromatic heterocycles. The van der Waals surface area contributed by atoms with Gasteiger partial charge in [-0.25, -0.2) is 9.78 Å². The Morgan fingerprint density at radius 2 is 2.00 bits per heavy atom. The molecule has 2 heterocycles. The van der Waals surface area contributed by atoms with Gasteiger partial charge in [0.15, 0.2) is 0 Å². The Labute approximate surface area is 154 Å². The third-order valence-electron chi connectivity index (χ3n) is 3.85. The Morgan fingerprint density at radius 3 is 2.65 bits per heavy atom. The summed E-state index contributed by atoms with van der Waals surface area (Å²) in [6.45, 7) is 3.67. The van der Waals surface area contributed by atoms with Crippen molar-refractivity contribution >= 4 is 17.3 Å². The number of hydrogen-bond acceptors (Lipinski definition) is 6. The van der Waals surface area contributed by atoms with E-state index in [0.29, 0.717) is 22.5 Å². The molecule has 26 heavy (non-hydrogen) atoms. The first-order valence-corrected chi connectivity index (χ1v) is 8.92. The van der Waals surface area contributed by atoms with Gasteiger partial charge in [0, 0.05) is 16.6 Å². The number of hydrogen-bond donors (Lipinski definition) is 1. The summed E-state index contributed by atoms with van der Waals surface area (Å²) in [6, 6.07) is 9.07. The highest BCUT2D eigenvalue weighted by Crippen LogP contribution is 2.29. The highest BCUT2D eigenvalue weighted by molar-refractivity contribution is 7.13. The van der Waals surface area contributed by atoms with Gasteiger partial charge < -0.3 is 14.5 Å². The molecule has 0 bridgehead atoms. The van der Waals surface area contributed by atoms with E-state index in [1.54, 1.807) is 32.4 Å². The summed E-state index contributed by atoms with van der Waals surface area (Å²) < 4.78 is 10.2. The van der Waals surface area contributed by atoms with Crippen molar-refractivity contribution in [2.24, 2.45) is 0 Å². The Bertz CT molecular complexity index is 990. The zero-order valence-electron chi connectivity index (χ0n) is 14.7. The summed E-state index contributed by atoms with van der Waals surface area (Å²) in [7, 11) is 1.61. The second kappa shape index (κ2) is 7.53. The number of pyridine rings is 1. The summed E-state index contributed by atoms with van der Waals surface area (Å²) in [5.41, 5.74) is 2.31. The third kappa shape index (κ3) is 3.52. The lowest BCUT2D eigenvalue weighted by Gasteiger charge is -2.06. The fourth-order valence-corrected chi connectivity index (χ4v) is 3.32. The topological polar surface area (TPSA) is 81.3 Å². The van der Waals surface area contributed by atoms with E-state index >= 15 is 0 Å². The van der Waals surface area contributed by atoms with E-state index in [1.807, 2.05) is 24.3 Å². The van der Waals surface area contributed by atoms with Gasteiger partial charge in [0.05, 0.1) is 30.5 Å². The molecule has 0 saturated heterocycles. The predicted molar refractivity (Wildman–Crippen MR) is 101 cm³/mol. The van der Waals surface area contributed by atoms with Crippen molar-refractivity contribution in [3.63, 3.8) is 0 Å². The molecule has 0 unspecified atom stereocenters. The van der Waals surface area contributed by atoms with Gasteiger partial charge in [-0.2, -0.15) is 0 Å². The van der Waals surface area contributed by atoms with Crippen LogP contribution in [0, 0.1) is 6.92 Å². The lowest BCUT2D eigenvalue weighted by Crippen LogP contribution is -2.16. The van der Waals surface area contributed by atoms with Gasteiger partial charge >= 0.3 is 5.97 Å². The van der Waals surface area contributed by atoms with E-state index in [4.69, 9.17) is 9.47 Å². The van der Waals surface area contributed by atoms with Crippen molar-refractivity contribution < 1.29 is 14.3 Å². The molecule has 0 aliphatic carbocycles. The molecule has 3 aromatic rings. The Hall–Kier alpha value is -2.93. The van der Waals surface area contributed by atoms with E-state index in [-0.39, 0.29) is 12.2 Å². The van der Waals surface area contributed by atoms with Gasteiger partial charge in [-0.3, -0.25) is 4.79 Å². The molecule has 0 amide bonds. The standard InChI is InChI=1S/C19H18N2O4S/c1-4-25-19(23)14-9-15(17(22)20-11(14)2)16-10-26-18(21-16)12-5-7-13(24-3)8-6-12/h5-10H,4H2,1-3H3,(H,20,22). The van der Waals surface area contributed by atoms with E-state index in [1.165, 1.54) is 11.3 Å². The van der Waals surface area contributed by atoms with Crippen LogP contribution in [0.4, 0.5) is 0 Å². The van der Waals surface area contributed by atoms with Crippen LogP contribution in [-0.2, 0) is 4.74 Å². The molecule has 0 aliphatic heterocycles. The molecule has 0 aliphatic rings. The fourth-order valence-electron chi connectivity index (χ4n) is 2.50. The molecule has 0 atom stereocenters. The number of carbonyl (C=O) groups excluding carboxylic acids is 1. The van der Waals surface area contributed by atoms with Crippen molar-refractivity contribution in [3.8, 4) is 27.6 Å². The van der Waals surface area contributed by atoms with Crippen LogP contribution >= 0.6 is 11.3 Å². The average Bonchev–Trinajstić information content (AvgIpc) is 3.12. The second-order valence-corrected chi connectivity index (χ2v) is 6.40.